The number of amides is 2. The number of rotatable bonds is 4. The number of imide groups is 1. The lowest BCUT2D eigenvalue weighted by Gasteiger charge is -2.27. The molecule has 2 fully saturated rings. The molecule has 2 aliphatic heterocycles. The molecule has 7 heteroatoms. The third-order valence-electron chi connectivity index (χ3n) is 4.83. The van der Waals surface area contributed by atoms with Crippen LogP contribution in [0.5, 0.6) is 11.5 Å². The molecule has 6 nitrogen and oxygen atoms in total. The molecule has 24 heavy (non-hydrogen) atoms. The molecule has 1 atom stereocenters. The zero-order valence-corrected chi connectivity index (χ0v) is 14.7. The monoisotopic (exact) mass is 353 g/mol. The minimum atomic E-state index is -0.302. The van der Waals surface area contributed by atoms with Crippen molar-refractivity contribution in [2.24, 2.45) is 0 Å². The number of benzene rings is 1. The van der Waals surface area contributed by atoms with Crippen molar-refractivity contribution in [2.75, 3.05) is 32.2 Å². The molecular weight excluding hydrogens is 332 g/mol. The molecule has 0 spiro atoms. The molecule has 0 bridgehead atoms. The minimum Gasteiger partial charge on any atom is -0.495 e. The van der Waals surface area contributed by atoms with Crippen molar-refractivity contribution in [2.45, 2.75) is 31.7 Å². The number of methoxy groups -OCH3 is 2. The molecule has 1 aromatic rings. The average molecular weight is 354 g/mol. The van der Waals surface area contributed by atoms with Gasteiger partial charge in [-0.3, -0.25) is 9.59 Å². The van der Waals surface area contributed by atoms with Crippen LogP contribution < -0.4 is 19.3 Å². The third-order valence-corrected chi connectivity index (χ3v) is 5.12. The van der Waals surface area contributed by atoms with Gasteiger partial charge in [-0.1, -0.05) is 11.6 Å². The van der Waals surface area contributed by atoms with Crippen molar-refractivity contribution in [3.8, 4) is 11.5 Å². The van der Waals surface area contributed by atoms with Gasteiger partial charge in [-0.2, -0.15) is 0 Å². The largest absolute Gasteiger partial charge is 0.495 e. The number of piperidine rings is 1. The summed E-state index contributed by atoms with van der Waals surface area (Å²) < 4.78 is 10.5. The highest BCUT2D eigenvalue weighted by atomic mass is 35.5. The zero-order chi connectivity index (χ0) is 17.3. The highest BCUT2D eigenvalue weighted by Crippen LogP contribution is 2.39. The highest BCUT2D eigenvalue weighted by molar-refractivity contribution is 6.33. The second-order valence-corrected chi connectivity index (χ2v) is 6.61. The fourth-order valence-electron chi connectivity index (χ4n) is 3.58. The number of quaternary nitrogens is 1. The number of nitrogens with one attached hydrogen (secondary N) is 1. The Bertz CT molecular complexity index is 658. The second-order valence-electron chi connectivity index (χ2n) is 6.20. The van der Waals surface area contributed by atoms with Gasteiger partial charge in [0.1, 0.15) is 11.5 Å². The van der Waals surface area contributed by atoms with E-state index in [2.05, 4.69) is 0 Å². The summed E-state index contributed by atoms with van der Waals surface area (Å²) >= 11 is 6.18. The lowest BCUT2D eigenvalue weighted by atomic mass is 10.1. The van der Waals surface area contributed by atoms with E-state index in [9.17, 15) is 9.59 Å². The summed E-state index contributed by atoms with van der Waals surface area (Å²) in [5.74, 6) is 0.459. The van der Waals surface area contributed by atoms with Crippen LogP contribution in [-0.2, 0) is 9.59 Å². The van der Waals surface area contributed by atoms with Gasteiger partial charge in [0, 0.05) is 6.07 Å². The van der Waals surface area contributed by atoms with Crippen LogP contribution in [0, 0.1) is 0 Å². The van der Waals surface area contributed by atoms with Crippen molar-refractivity contribution in [1.29, 1.82) is 0 Å². The van der Waals surface area contributed by atoms with E-state index in [1.807, 2.05) is 0 Å². The molecule has 0 aromatic heterocycles. The zero-order valence-electron chi connectivity index (χ0n) is 13.9. The van der Waals surface area contributed by atoms with Crippen LogP contribution in [-0.4, -0.2) is 45.2 Å². The number of carbonyl (C=O) groups excluding carboxylic acids is 2. The topological polar surface area (TPSA) is 60.3 Å². The number of nitrogens with zero attached hydrogens (tertiary/aromatic N) is 1. The molecule has 1 N–H and O–H groups in total. The van der Waals surface area contributed by atoms with E-state index in [4.69, 9.17) is 21.1 Å². The van der Waals surface area contributed by atoms with Gasteiger partial charge in [0.2, 0.25) is 5.91 Å². The summed E-state index contributed by atoms with van der Waals surface area (Å²) in [4.78, 5) is 27.9. The Morgan fingerprint density at radius 1 is 1.08 bits per heavy atom. The quantitative estimate of drug-likeness (QED) is 0.822. The standard InChI is InChI=1S/C17H21ClN2O4/c1-23-14-10-15(24-2)12(8-11(14)18)20-16(21)9-13(17(20)22)19-6-4-3-5-7-19/h8,10,13H,3-7,9H2,1-2H3/p+1/t13-/m0/s1. The molecule has 3 rings (SSSR count). The van der Waals surface area contributed by atoms with Crippen molar-refractivity contribution in [3.63, 3.8) is 0 Å². The molecule has 0 unspecified atom stereocenters. The smallest absolute Gasteiger partial charge is 0.292 e. The van der Waals surface area contributed by atoms with Gasteiger partial charge < -0.3 is 14.4 Å². The number of likely N-dealkylation sites (tertiary alicyclic amines) is 1. The van der Waals surface area contributed by atoms with E-state index in [1.165, 1.54) is 30.4 Å². The molecular formula is C17H22ClN2O4+. The van der Waals surface area contributed by atoms with Gasteiger partial charge >= 0.3 is 0 Å². The summed E-state index contributed by atoms with van der Waals surface area (Å²) in [5, 5.41) is 0.336. The Morgan fingerprint density at radius 3 is 2.38 bits per heavy atom. The van der Waals surface area contributed by atoms with Gasteiger partial charge in [-0.05, 0) is 25.3 Å². The van der Waals surface area contributed by atoms with Gasteiger partial charge in [0.15, 0.2) is 6.04 Å². The predicted molar refractivity (Wildman–Crippen MR) is 90.0 cm³/mol. The lowest BCUT2D eigenvalue weighted by Crippen LogP contribution is -3.17. The second kappa shape index (κ2) is 6.99. The molecule has 0 radical (unpaired) electrons. The molecule has 2 aliphatic rings. The first-order valence-electron chi connectivity index (χ1n) is 8.19. The maximum absolute atomic E-state index is 12.9. The van der Waals surface area contributed by atoms with Crippen LogP contribution in [0.1, 0.15) is 25.7 Å². The van der Waals surface area contributed by atoms with Gasteiger partial charge in [0.05, 0.1) is 44.4 Å². The Labute approximate surface area is 146 Å². The number of hydrogen-bond acceptors (Lipinski definition) is 4. The molecule has 2 amide bonds. The molecule has 0 saturated carbocycles. The Balaban J connectivity index is 1.93. The minimum absolute atomic E-state index is 0.170. The summed E-state index contributed by atoms with van der Waals surface area (Å²) in [6.45, 7) is 1.88. The highest BCUT2D eigenvalue weighted by Gasteiger charge is 2.46. The van der Waals surface area contributed by atoms with Gasteiger partial charge in [-0.15, -0.1) is 0 Å². The van der Waals surface area contributed by atoms with Gasteiger partial charge in [0.25, 0.3) is 5.91 Å². The molecule has 130 valence electrons. The number of ether oxygens (including phenoxy) is 2. The van der Waals surface area contributed by atoms with E-state index >= 15 is 0 Å². The van der Waals surface area contributed by atoms with E-state index < -0.39 is 0 Å². The maximum Gasteiger partial charge on any atom is 0.292 e. The van der Waals surface area contributed by atoms with E-state index in [0.717, 1.165) is 25.9 Å². The van der Waals surface area contributed by atoms with E-state index in [-0.39, 0.29) is 24.3 Å². The van der Waals surface area contributed by atoms with Crippen molar-refractivity contribution in [3.05, 3.63) is 17.2 Å². The molecule has 2 heterocycles. The Morgan fingerprint density at radius 2 is 1.75 bits per heavy atom. The number of hydrogen-bond donors (Lipinski definition) is 1. The predicted octanol–water partition coefficient (Wildman–Crippen LogP) is 1.06. The normalized spacial score (nSPS) is 22.1. The SMILES string of the molecule is COc1cc(OC)c(N2C(=O)C[C@H]([NH+]3CCCCC3)C2=O)cc1Cl. The van der Waals surface area contributed by atoms with Crippen molar-refractivity contribution in [1.82, 2.24) is 0 Å². The first-order valence-corrected chi connectivity index (χ1v) is 8.57. The molecule has 0 aliphatic carbocycles. The first-order chi connectivity index (χ1) is 11.6. The van der Waals surface area contributed by atoms with Crippen LogP contribution in [0.3, 0.4) is 0 Å². The van der Waals surface area contributed by atoms with Crippen LogP contribution in [0.25, 0.3) is 0 Å². The summed E-state index contributed by atoms with van der Waals surface area (Å²) in [5.41, 5.74) is 0.386. The Kier molecular flexibility index (Phi) is 4.96. The summed E-state index contributed by atoms with van der Waals surface area (Å²) in [6, 6.07) is 2.85. The van der Waals surface area contributed by atoms with Crippen LogP contribution >= 0.6 is 11.6 Å². The fraction of sp³-hybridized carbons (Fsp3) is 0.529. The fourth-order valence-corrected chi connectivity index (χ4v) is 3.81. The summed E-state index contributed by atoms with van der Waals surface area (Å²) in [7, 11) is 2.99. The van der Waals surface area contributed by atoms with E-state index in [0.29, 0.717) is 22.2 Å². The van der Waals surface area contributed by atoms with Crippen LogP contribution in [0.4, 0.5) is 5.69 Å². The first kappa shape index (κ1) is 17.0. The molecule has 2 saturated heterocycles. The van der Waals surface area contributed by atoms with Gasteiger partial charge in [-0.25, -0.2) is 4.90 Å². The summed E-state index contributed by atoms with van der Waals surface area (Å²) in [6.07, 6.45) is 3.64. The number of anilines is 1. The van der Waals surface area contributed by atoms with Crippen LogP contribution in [0.2, 0.25) is 5.02 Å². The number of halogens is 1. The number of carbonyl (C=O) groups is 2. The van der Waals surface area contributed by atoms with Crippen molar-refractivity contribution >= 4 is 29.1 Å². The van der Waals surface area contributed by atoms with Crippen molar-refractivity contribution < 1.29 is 24.0 Å². The Hall–Kier alpha value is -1.79. The average Bonchev–Trinajstić information content (AvgIpc) is 2.90. The lowest BCUT2D eigenvalue weighted by molar-refractivity contribution is -0.919. The molecule has 1 aromatic carbocycles. The van der Waals surface area contributed by atoms with Crippen LogP contribution in [0.15, 0.2) is 12.1 Å². The van der Waals surface area contributed by atoms with E-state index in [1.54, 1.807) is 12.1 Å². The maximum atomic E-state index is 12.9. The third kappa shape index (κ3) is 2.96.